The first-order valence-corrected chi connectivity index (χ1v) is 19.5. The van der Waals surface area contributed by atoms with Crippen molar-refractivity contribution in [3.05, 3.63) is 186 Å². The summed E-state index contributed by atoms with van der Waals surface area (Å²) < 4.78 is 0. The number of rotatable bonds is 9. The van der Waals surface area contributed by atoms with Crippen LogP contribution in [-0.2, 0) is 11.8 Å². The van der Waals surface area contributed by atoms with E-state index in [1.54, 1.807) is 0 Å². The van der Waals surface area contributed by atoms with Gasteiger partial charge in [-0.05, 0) is 108 Å². The van der Waals surface area contributed by atoms with Crippen molar-refractivity contribution in [1.29, 1.82) is 0 Å². The van der Waals surface area contributed by atoms with E-state index in [1.165, 1.54) is 63.8 Å². The smallest absolute Gasteiger partial charge is 0.160 e. The number of allylic oxidation sites excluding steroid dienone is 10. The van der Waals surface area contributed by atoms with Gasteiger partial charge in [-0.25, -0.2) is 9.97 Å². The molecule has 262 valence electrons. The molecule has 0 N–H and O–H groups in total. The van der Waals surface area contributed by atoms with E-state index >= 15 is 0 Å². The summed E-state index contributed by atoms with van der Waals surface area (Å²) in [6.07, 6.45) is 29.6. The summed E-state index contributed by atoms with van der Waals surface area (Å²) in [5, 5.41) is 0. The lowest BCUT2D eigenvalue weighted by molar-refractivity contribution is 0.346. The van der Waals surface area contributed by atoms with Gasteiger partial charge in [0.05, 0.1) is 11.4 Å². The van der Waals surface area contributed by atoms with Crippen LogP contribution in [0.15, 0.2) is 152 Å². The molecule has 0 aliphatic heterocycles. The molecule has 3 aliphatic rings. The number of hydrogen-bond donors (Lipinski definition) is 0. The van der Waals surface area contributed by atoms with Crippen LogP contribution in [-0.4, -0.2) is 9.97 Å². The molecule has 5 aromatic rings. The van der Waals surface area contributed by atoms with E-state index in [9.17, 15) is 0 Å². The van der Waals surface area contributed by atoms with Gasteiger partial charge < -0.3 is 0 Å². The van der Waals surface area contributed by atoms with Crippen LogP contribution in [0.5, 0.6) is 0 Å². The van der Waals surface area contributed by atoms with Crippen molar-refractivity contribution >= 4 is 17.2 Å². The van der Waals surface area contributed by atoms with Crippen LogP contribution in [0.3, 0.4) is 0 Å². The highest BCUT2D eigenvalue weighted by Gasteiger charge is 2.35. The van der Waals surface area contributed by atoms with Gasteiger partial charge in [-0.2, -0.15) is 0 Å². The quantitative estimate of drug-likeness (QED) is 0.144. The first kappa shape index (κ1) is 34.5. The monoisotopic (exact) mass is 688 g/mol. The molecule has 0 bridgehead atoms. The lowest BCUT2D eigenvalue weighted by Crippen LogP contribution is -2.30. The van der Waals surface area contributed by atoms with Gasteiger partial charge in [0.2, 0.25) is 0 Å². The topological polar surface area (TPSA) is 25.8 Å². The zero-order valence-corrected chi connectivity index (χ0v) is 30.9. The van der Waals surface area contributed by atoms with Crippen molar-refractivity contribution in [3.63, 3.8) is 0 Å². The number of nitrogens with zero attached hydrogens (tertiary/aromatic N) is 2. The number of fused-ring (bicyclic) bond motifs is 1. The molecule has 0 spiro atoms. The van der Waals surface area contributed by atoms with E-state index in [2.05, 4.69) is 140 Å². The molecule has 1 saturated carbocycles. The minimum absolute atomic E-state index is 0.00190. The van der Waals surface area contributed by atoms with Gasteiger partial charge in [0.15, 0.2) is 5.82 Å². The summed E-state index contributed by atoms with van der Waals surface area (Å²) in [5.41, 5.74) is 15.8. The maximum atomic E-state index is 5.12. The Morgan fingerprint density at radius 1 is 0.698 bits per heavy atom. The minimum atomic E-state index is -0.00190. The Hall–Kier alpha value is -5.60. The highest BCUT2D eigenvalue weighted by Crippen LogP contribution is 2.46. The zero-order valence-electron chi connectivity index (χ0n) is 30.9. The molecule has 0 atom stereocenters. The van der Waals surface area contributed by atoms with Gasteiger partial charge in [-0.1, -0.05) is 165 Å². The van der Waals surface area contributed by atoms with E-state index < -0.39 is 0 Å². The second-order valence-corrected chi connectivity index (χ2v) is 14.7. The predicted molar refractivity (Wildman–Crippen MR) is 225 cm³/mol. The molecule has 2 heteroatoms. The van der Waals surface area contributed by atoms with Gasteiger partial charge in [0, 0.05) is 16.6 Å². The molecule has 8 rings (SSSR count). The molecule has 0 radical (unpaired) electrons. The summed E-state index contributed by atoms with van der Waals surface area (Å²) in [6, 6.07) is 36.7. The second kappa shape index (κ2) is 15.6. The van der Waals surface area contributed by atoms with Crippen LogP contribution in [0.25, 0.3) is 50.7 Å². The summed E-state index contributed by atoms with van der Waals surface area (Å²) >= 11 is 0. The Kier molecular flexibility index (Phi) is 10.1. The Labute approximate surface area is 315 Å². The molecule has 53 heavy (non-hydrogen) atoms. The Morgan fingerprint density at radius 3 is 2.17 bits per heavy atom. The number of aromatic nitrogens is 2. The van der Waals surface area contributed by atoms with E-state index in [0.717, 1.165) is 72.4 Å². The lowest BCUT2D eigenvalue weighted by atomic mass is 9.65. The molecule has 1 aromatic heterocycles. The largest absolute Gasteiger partial charge is 0.228 e. The van der Waals surface area contributed by atoms with E-state index in [-0.39, 0.29) is 5.41 Å². The molecule has 0 saturated heterocycles. The summed E-state index contributed by atoms with van der Waals surface area (Å²) in [5.74, 6) is 0.770. The molecule has 4 aromatic carbocycles. The van der Waals surface area contributed by atoms with Crippen LogP contribution in [0.2, 0.25) is 0 Å². The van der Waals surface area contributed by atoms with Gasteiger partial charge in [0.25, 0.3) is 0 Å². The normalized spacial score (nSPS) is 16.7. The lowest BCUT2D eigenvalue weighted by Gasteiger charge is -2.39. The molecular weight excluding hydrogens is 641 g/mol. The van der Waals surface area contributed by atoms with E-state index in [4.69, 9.17) is 9.97 Å². The zero-order chi connectivity index (χ0) is 36.0. The highest BCUT2D eigenvalue weighted by molar-refractivity contribution is 5.82. The van der Waals surface area contributed by atoms with Gasteiger partial charge in [-0.3, -0.25) is 0 Å². The minimum Gasteiger partial charge on any atom is -0.228 e. The van der Waals surface area contributed by atoms with E-state index in [1.807, 2.05) is 25.2 Å². The third-order valence-electron chi connectivity index (χ3n) is 11.4. The number of aryl methyl sites for hydroxylation is 1. The molecule has 0 unspecified atom stereocenters. The van der Waals surface area contributed by atoms with Crippen molar-refractivity contribution in [2.45, 2.75) is 70.1 Å². The summed E-state index contributed by atoms with van der Waals surface area (Å²) in [6.45, 7) is 5.99. The highest BCUT2D eigenvalue weighted by atomic mass is 14.9. The second-order valence-electron chi connectivity index (χ2n) is 14.7. The number of benzene rings is 4. The first-order valence-electron chi connectivity index (χ1n) is 19.5. The fraction of sp³-hybridized carbons (Fsp3) is 0.216. The summed E-state index contributed by atoms with van der Waals surface area (Å²) in [4.78, 5) is 10.1. The van der Waals surface area contributed by atoms with Crippen LogP contribution >= 0.6 is 0 Å². The predicted octanol–water partition coefficient (Wildman–Crippen LogP) is 13.6. The first-order chi connectivity index (χ1) is 26.1. The Morgan fingerprint density at radius 2 is 1.43 bits per heavy atom. The Balaban J connectivity index is 1.12. The fourth-order valence-electron chi connectivity index (χ4n) is 8.61. The number of hydrogen-bond acceptors (Lipinski definition) is 2. The fourth-order valence-corrected chi connectivity index (χ4v) is 8.61. The SMILES string of the molecule is C=C/C=C(\C=C/C)c1cc(-c2ccc(C3(c4ccc(-c5cccc(-c6cccc7c6C=CCC7)c5)cc4)CCCCC3)cc2)nc(C2=CCCC=C2)n1. The molecule has 1 fully saturated rings. The molecular formula is C51H48N2. The molecule has 2 nitrogen and oxygen atoms in total. The van der Waals surface area contributed by atoms with Gasteiger partial charge in [0.1, 0.15) is 0 Å². The maximum Gasteiger partial charge on any atom is 0.160 e. The van der Waals surface area contributed by atoms with Crippen LogP contribution in [0, 0.1) is 0 Å². The van der Waals surface area contributed by atoms with Crippen LogP contribution in [0.4, 0.5) is 0 Å². The van der Waals surface area contributed by atoms with Crippen LogP contribution in [0.1, 0.15) is 92.1 Å². The van der Waals surface area contributed by atoms with E-state index in [0.29, 0.717) is 0 Å². The van der Waals surface area contributed by atoms with Crippen molar-refractivity contribution < 1.29 is 0 Å². The van der Waals surface area contributed by atoms with Crippen molar-refractivity contribution in [2.75, 3.05) is 0 Å². The third-order valence-corrected chi connectivity index (χ3v) is 11.4. The van der Waals surface area contributed by atoms with Gasteiger partial charge in [-0.15, -0.1) is 0 Å². The molecule has 3 aliphatic carbocycles. The Bertz CT molecular complexity index is 2270. The third kappa shape index (κ3) is 7.11. The average Bonchev–Trinajstić information content (AvgIpc) is 3.24. The standard InChI is InChI=1S/C51H48N2/c1-3-15-39(16-4-2)48-36-49(53-50(52-48)41-18-7-5-8-19-41)40-27-31-45(32-28-40)51(33-11-6-12-34-51)44-29-25-37(26-30-44)42-21-13-22-43(35-42)47-24-14-20-38-17-9-10-23-46(38)47/h3-4,7,10,13-16,18-32,35-36H,1,5-6,8-9,11-12,17,33-34H2,2H3/b16-4-,39-15+. The van der Waals surface area contributed by atoms with Crippen molar-refractivity contribution in [1.82, 2.24) is 9.97 Å². The molecule has 0 amide bonds. The van der Waals surface area contributed by atoms with Crippen molar-refractivity contribution in [2.24, 2.45) is 0 Å². The summed E-state index contributed by atoms with van der Waals surface area (Å²) in [7, 11) is 0. The van der Waals surface area contributed by atoms with Crippen molar-refractivity contribution in [3.8, 4) is 33.5 Å². The van der Waals surface area contributed by atoms with Gasteiger partial charge >= 0.3 is 0 Å². The molecule has 1 heterocycles. The average molecular weight is 689 g/mol. The van der Waals surface area contributed by atoms with Crippen LogP contribution < -0.4 is 0 Å². The maximum absolute atomic E-state index is 5.12.